The molecule has 0 aliphatic rings. The van der Waals surface area contributed by atoms with Gasteiger partial charge in [0.05, 0.1) is 17.8 Å². The number of nitrogens with zero attached hydrogens (tertiary/aromatic N) is 1. The second-order valence-corrected chi connectivity index (χ2v) is 10.3. The van der Waals surface area contributed by atoms with Gasteiger partial charge in [-0.1, -0.05) is 26.8 Å². The zero-order valence-corrected chi connectivity index (χ0v) is 16.4. The van der Waals surface area contributed by atoms with Crippen molar-refractivity contribution in [2.75, 3.05) is 6.61 Å². The summed E-state index contributed by atoms with van der Waals surface area (Å²) in [6.07, 6.45) is 3.85. The van der Waals surface area contributed by atoms with Crippen LogP contribution in [0.3, 0.4) is 0 Å². The lowest BCUT2D eigenvalue weighted by Crippen LogP contribution is -2.27. The van der Waals surface area contributed by atoms with E-state index in [1.54, 1.807) is 0 Å². The molecule has 0 N–H and O–H groups in total. The first-order chi connectivity index (χ1) is 10.6. The van der Waals surface area contributed by atoms with E-state index >= 15 is 0 Å². The zero-order chi connectivity index (χ0) is 17.3. The minimum atomic E-state index is -0.648. The Bertz CT molecular complexity index is 698. The molecule has 0 amide bonds. The van der Waals surface area contributed by atoms with E-state index in [1.165, 1.54) is 0 Å². The number of carbonyl (C=O) groups is 1. The SMILES string of the molecule is CCOC(=O)c1cc2ccc(C(C)(C)O[SiH2]C(C)(C)C)cn2c1. The van der Waals surface area contributed by atoms with E-state index in [2.05, 4.69) is 40.7 Å². The molecule has 5 heteroatoms. The molecule has 0 aromatic carbocycles. The number of esters is 1. The van der Waals surface area contributed by atoms with Crippen LogP contribution in [0.4, 0.5) is 0 Å². The van der Waals surface area contributed by atoms with Crippen molar-refractivity contribution in [1.82, 2.24) is 4.40 Å². The van der Waals surface area contributed by atoms with Gasteiger partial charge < -0.3 is 13.6 Å². The molecular weight excluding hydrogens is 306 g/mol. The van der Waals surface area contributed by atoms with Crippen LogP contribution in [0.25, 0.3) is 5.52 Å². The maximum absolute atomic E-state index is 11.9. The van der Waals surface area contributed by atoms with Crippen LogP contribution in [0.1, 0.15) is 57.5 Å². The largest absolute Gasteiger partial charge is 0.462 e. The number of carbonyl (C=O) groups excluding carboxylic acids is 1. The van der Waals surface area contributed by atoms with Gasteiger partial charge in [0.25, 0.3) is 0 Å². The maximum Gasteiger partial charge on any atom is 0.339 e. The summed E-state index contributed by atoms with van der Waals surface area (Å²) in [4.78, 5) is 11.9. The third-order valence-electron chi connectivity index (χ3n) is 3.66. The molecule has 2 aromatic rings. The summed E-state index contributed by atoms with van der Waals surface area (Å²) in [5, 5.41) is 0.256. The van der Waals surface area contributed by atoms with Crippen molar-refractivity contribution in [2.45, 2.75) is 52.2 Å². The third kappa shape index (κ3) is 4.45. The third-order valence-corrected chi connectivity index (χ3v) is 5.40. The summed E-state index contributed by atoms with van der Waals surface area (Å²) < 4.78 is 13.3. The fourth-order valence-corrected chi connectivity index (χ4v) is 3.23. The van der Waals surface area contributed by atoms with Gasteiger partial charge in [0.15, 0.2) is 9.76 Å². The Hall–Kier alpha value is -1.59. The normalized spacial score (nSPS) is 13.1. The first-order valence-corrected chi connectivity index (χ1v) is 9.34. The highest BCUT2D eigenvalue weighted by Gasteiger charge is 2.25. The number of hydrogen-bond acceptors (Lipinski definition) is 3. The molecule has 0 saturated carbocycles. The molecular formula is C18H27NO3Si. The average Bonchev–Trinajstić information content (AvgIpc) is 2.88. The summed E-state index contributed by atoms with van der Waals surface area (Å²) in [6, 6.07) is 5.93. The summed E-state index contributed by atoms with van der Waals surface area (Å²) in [7, 11) is -0.648. The number of fused-ring (bicyclic) bond motifs is 1. The van der Waals surface area contributed by atoms with Gasteiger partial charge in [0.1, 0.15) is 0 Å². The highest BCUT2D eigenvalue weighted by atomic mass is 28.2. The Morgan fingerprint density at radius 1 is 1.17 bits per heavy atom. The van der Waals surface area contributed by atoms with Crippen molar-refractivity contribution in [3.05, 3.63) is 41.7 Å². The standard InChI is InChI=1S/C18H27NO3Si/c1-7-21-16(20)13-10-15-9-8-14(12-19(15)11-13)18(5,6)22-23-17(2,3)4/h8-12H,7,23H2,1-6H3. The predicted molar refractivity (Wildman–Crippen MR) is 95.7 cm³/mol. The lowest BCUT2D eigenvalue weighted by Gasteiger charge is -2.30. The molecule has 0 spiro atoms. The Kier molecular flexibility index (Phi) is 5.01. The van der Waals surface area contributed by atoms with Crippen molar-refractivity contribution in [3.63, 3.8) is 0 Å². The van der Waals surface area contributed by atoms with Crippen LogP contribution < -0.4 is 0 Å². The van der Waals surface area contributed by atoms with Crippen LogP contribution >= 0.6 is 0 Å². The number of pyridine rings is 1. The highest BCUT2D eigenvalue weighted by molar-refractivity contribution is 6.31. The van der Waals surface area contributed by atoms with Crippen LogP contribution in [-0.2, 0) is 14.8 Å². The van der Waals surface area contributed by atoms with Crippen molar-refractivity contribution >= 4 is 21.2 Å². The summed E-state index contributed by atoms with van der Waals surface area (Å²) >= 11 is 0. The molecule has 0 aliphatic heterocycles. The number of ether oxygens (including phenoxy) is 1. The molecule has 0 saturated heterocycles. The van der Waals surface area contributed by atoms with Crippen molar-refractivity contribution in [2.24, 2.45) is 0 Å². The Labute approximate surface area is 140 Å². The molecule has 0 atom stereocenters. The second kappa shape index (κ2) is 6.49. The molecule has 0 bridgehead atoms. The highest BCUT2D eigenvalue weighted by Crippen LogP contribution is 2.29. The summed E-state index contributed by atoms with van der Waals surface area (Å²) in [5.74, 6) is -0.284. The van der Waals surface area contributed by atoms with E-state index < -0.39 is 9.76 Å². The summed E-state index contributed by atoms with van der Waals surface area (Å²) in [5.41, 5.74) is 2.32. The van der Waals surface area contributed by atoms with Gasteiger partial charge in [0, 0.05) is 17.9 Å². The lowest BCUT2D eigenvalue weighted by atomic mass is 10.0. The molecule has 23 heavy (non-hydrogen) atoms. The fraction of sp³-hybridized carbons (Fsp3) is 0.500. The number of rotatable bonds is 5. The molecule has 126 valence electrons. The molecule has 0 fully saturated rings. The van der Waals surface area contributed by atoms with Gasteiger partial charge in [0.2, 0.25) is 0 Å². The van der Waals surface area contributed by atoms with E-state index in [9.17, 15) is 4.79 Å². The topological polar surface area (TPSA) is 39.9 Å². The molecule has 2 rings (SSSR count). The minimum absolute atomic E-state index is 0.256. The second-order valence-electron chi connectivity index (χ2n) is 7.56. The van der Waals surface area contributed by atoms with Gasteiger partial charge in [-0.2, -0.15) is 0 Å². The quantitative estimate of drug-likeness (QED) is 0.619. The monoisotopic (exact) mass is 333 g/mol. The predicted octanol–water partition coefficient (Wildman–Crippen LogP) is 3.67. The van der Waals surface area contributed by atoms with Crippen LogP contribution in [0, 0.1) is 0 Å². The Morgan fingerprint density at radius 2 is 1.87 bits per heavy atom. The van der Waals surface area contributed by atoms with Gasteiger partial charge in [-0.3, -0.25) is 0 Å². The Balaban J connectivity index is 2.27. The van der Waals surface area contributed by atoms with Gasteiger partial charge in [-0.15, -0.1) is 0 Å². The number of hydrogen-bond donors (Lipinski definition) is 0. The lowest BCUT2D eigenvalue weighted by molar-refractivity contribution is 0.0526. The van der Waals surface area contributed by atoms with Crippen molar-refractivity contribution in [1.29, 1.82) is 0 Å². The average molecular weight is 334 g/mol. The molecule has 0 aliphatic carbocycles. The van der Waals surface area contributed by atoms with Gasteiger partial charge in [-0.05, 0) is 43.5 Å². The molecule has 0 unspecified atom stereocenters. The van der Waals surface area contributed by atoms with Crippen LogP contribution in [0.2, 0.25) is 5.04 Å². The van der Waals surface area contributed by atoms with E-state index in [0.29, 0.717) is 12.2 Å². The Morgan fingerprint density at radius 3 is 2.48 bits per heavy atom. The van der Waals surface area contributed by atoms with Crippen LogP contribution in [0.5, 0.6) is 0 Å². The molecule has 0 radical (unpaired) electrons. The molecule has 4 nitrogen and oxygen atoms in total. The van der Waals surface area contributed by atoms with E-state index in [4.69, 9.17) is 9.16 Å². The maximum atomic E-state index is 11.9. The minimum Gasteiger partial charge on any atom is -0.462 e. The smallest absolute Gasteiger partial charge is 0.339 e. The molecule has 2 aromatic heterocycles. The van der Waals surface area contributed by atoms with Crippen LogP contribution in [-0.4, -0.2) is 26.7 Å². The van der Waals surface area contributed by atoms with E-state index in [1.807, 2.05) is 35.9 Å². The van der Waals surface area contributed by atoms with Gasteiger partial charge in [-0.25, -0.2) is 4.79 Å². The van der Waals surface area contributed by atoms with Crippen LogP contribution in [0.15, 0.2) is 30.6 Å². The fourth-order valence-electron chi connectivity index (χ4n) is 2.27. The molecule has 2 heterocycles. The first kappa shape index (κ1) is 17.8. The van der Waals surface area contributed by atoms with Gasteiger partial charge >= 0.3 is 5.97 Å². The van der Waals surface area contributed by atoms with E-state index in [0.717, 1.165) is 11.1 Å². The number of aromatic nitrogens is 1. The van der Waals surface area contributed by atoms with Crippen molar-refractivity contribution in [3.8, 4) is 0 Å². The zero-order valence-electron chi connectivity index (χ0n) is 15.0. The summed E-state index contributed by atoms with van der Waals surface area (Å²) in [6.45, 7) is 13.0. The van der Waals surface area contributed by atoms with Crippen molar-refractivity contribution < 1.29 is 14.0 Å². The first-order valence-electron chi connectivity index (χ1n) is 8.06. The van der Waals surface area contributed by atoms with E-state index in [-0.39, 0.29) is 16.6 Å².